The summed E-state index contributed by atoms with van der Waals surface area (Å²) in [5.74, 6) is 3.32. The molecule has 7 heterocycles. The fraction of sp³-hybridized carbons (Fsp3) is 0.549. The molecule has 3 aromatic heterocycles. The Balaban J connectivity index is 0.687. The lowest BCUT2D eigenvalue weighted by atomic mass is 9.88. The van der Waals surface area contributed by atoms with Gasteiger partial charge in [-0.2, -0.15) is 10.1 Å². The molecule has 5 aromatic rings. The van der Waals surface area contributed by atoms with Crippen LogP contribution in [0.25, 0.3) is 16.5 Å². The first-order chi connectivity index (χ1) is 34.0. The number of piperidine rings is 2. The van der Waals surface area contributed by atoms with Gasteiger partial charge in [0, 0.05) is 74.9 Å². The number of carbonyl (C=O) groups is 3. The highest BCUT2D eigenvalue weighted by atomic mass is 16.5. The predicted octanol–water partition coefficient (Wildman–Crippen LogP) is 5.37. The van der Waals surface area contributed by atoms with E-state index < -0.39 is 11.9 Å². The summed E-state index contributed by atoms with van der Waals surface area (Å²) in [5, 5.41) is 23.9. The van der Waals surface area contributed by atoms with Gasteiger partial charge in [0.05, 0.1) is 36.1 Å². The number of hydrogen-bond donors (Lipinski definition) is 3. The average Bonchev–Trinajstić information content (AvgIpc) is 3.77. The molecule has 3 saturated heterocycles. The van der Waals surface area contributed by atoms with Gasteiger partial charge in [-0.1, -0.05) is 26.2 Å². The molecule has 1 unspecified atom stereocenters. The number of aryl methyl sites for hydroxylation is 2. The van der Waals surface area contributed by atoms with Crippen LogP contribution in [-0.4, -0.2) is 134 Å². The lowest BCUT2D eigenvalue weighted by Gasteiger charge is -2.39. The Morgan fingerprint density at radius 3 is 2.39 bits per heavy atom. The minimum atomic E-state index is -0.788. The largest absolute Gasteiger partial charge is 0.495 e. The number of ether oxygens (including phenoxy) is 1. The Bertz CT molecular complexity index is 2810. The molecular weight excluding hydrogens is 889 g/mol. The number of nitrogens with one attached hydrogen (secondary N) is 3. The van der Waals surface area contributed by atoms with E-state index in [2.05, 4.69) is 62.3 Å². The van der Waals surface area contributed by atoms with E-state index in [1.54, 1.807) is 13.2 Å². The van der Waals surface area contributed by atoms with Crippen LogP contribution in [0, 0.1) is 19.8 Å². The summed E-state index contributed by atoms with van der Waals surface area (Å²) >= 11 is 0. The van der Waals surface area contributed by atoms with Gasteiger partial charge in [0.25, 0.3) is 17.4 Å². The molecule has 10 rings (SSSR count). The molecule has 1 aliphatic carbocycles. The fourth-order valence-corrected chi connectivity index (χ4v) is 11.3. The Hall–Kier alpha value is -6.47. The monoisotopic (exact) mass is 955 g/mol. The zero-order valence-electron chi connectivity index (χ0n) is 41.0. The number of benzene rings is 2. The van der Waals surface area contributed by atoms with Gasteiger partial charge in [-0.3, -0.25) is 34.0 Å². The SMILES string of the molecule is CC[C@@H]1c2nnc(C)n2-c2cnc(Nc3ccc(C(=O)NC4CCN(CCCN5CCN(c6ccc7c(=O)n(C8CCC(=O)NC8=O)nc(C)c7c6)CC5)CC4)cc3OC)nc2N1CC1CCCCC1. The van der Waals surface area contributed by atoms with Crippen LogP contribution in [0.15, 0.2) is 47.4 Å². The number of fused-ring (bicyclic) bond motifs is 4. The van der Waals surface area contributed by atoms with E-state index in [1.807, 2.05) is 50.4 Å². The Morgan fingerprint density at radius 2 is 1.64 bits per heavy atom. The molecular formula is C51H66N14O5. The van der Waals surface area contributed by atoms with Crippen LogP contribution in [0.4, 0.5) is 23.1 Å². The molecule has 0 spiro atoms. The molecule has 3 amide bonds. The molecule has 5 aliphatic rings. The number of hydrogen-bond acceptors (Lipinski definition) is 15. The van der Waals surface area contributed by atoms with Gasteiger partial charge >= 0.3 is 0 Å². The first-order valence-electron chi connectivity index (χ1n) is 25.4. The van der Waals surface area contributed by atoms with Crippen molar-refractivity contribution < 1.29 is 19.1 Å². The minimum Gasteiger partial charge on any atom is -0.495 e. The van der Waals surface area contributed by atoms with Crippen molar-refractivity contribution >= 4 is 51.6 Å². The molecule has 0 bridgehead atoms. The number of methoxy groups -OCH3 is 1. The van der Waals surface area contributed by atoms with Crippen LogP contribution in [0.2, 0.25) is 0 Å². The van der Waals surface area contributed by atoms with E-state index in [9.17, 15) is 19.2 Å². The van der Waals surface area contributed by atoms with E-state index in [1.165, 1.54) is 36.8 Å². The van der Waals surface area contributed by atoms with Crippen LogP contribution in [-0.2, 0) is 9.59 Å². The Morgan fingerprint density at radius 1 is 0.871 bits per heavy atom. The van der Waals surface area contributed by atoms with Gasteiger partial charge in [0.1, 0.15) is 23.3 Å². The summed E-state index contributed by atoms with van der Waals surface area (Å²) in [4.78, 5) is 70.9. The maximum absolute atomic E-state index is 13.6. The van der Waals surface area contributed by atoms with Crippen molar-refractivity contribution in [2.24, 2.45) is 5.92 Å². The number of piperazine rings is 1. The van der Waals surface area contributed by atoms with Gasteiger partial charge in [-0.15, -0.1) is 10.2 Å². The zero-order chi connectivity index (χ0) is 48.5. The van der Waals surface area contributed by atoms with E-state index in [0.717, 1.165) is 119 Å². The van der Waals surface area contributed by atoms with E-state index in [4.69, 9.17) is 14.7 Å². The van der Waals surface area contributed by atoms with Crippen molar-refractivity contribution in [3.05, 3.63) is 75.9 Å². The number of amides is 3. The maximum Gasteiger partial charge on any atom is 0.275 e. The van der Waals surface area contributed by atoms with Gasteiger partial charge in [-0.25, -0.2) is 9.67 Å². The molecule has 370 valence electrons. The number of rotatable bonds is 14. The van der Waals surface area contributed by atoms with Gasteiger partial charge < -0.3 is 30.1 Å². The summed E-state index contributed by atoms with van der Waals surface area (Å²) in [6, 6.07) is 10.7. The van der Waals surface area contributed by atoms with Crippen LogP contribution in [0.1, 0.15) is 117 Å². The molecule has 3 N–H and O–H groups in total. The highest BCUT2D eigenvalue weighted by Crippen LogP contribution is 2.41. The smallest absolute Gasteiger partial charge is 0.275 e. The Labute approximate surface area is 408 Å². The van der Waals surface area contributed by atoms with Crippen LogP contribution in [0.5, 0.6) is 5.75 Å². The van der Waals surface area contributed by atoms with Crippen molar-refractivity contribution in [3.63, 3.8) is 0 Å². The summed E-state index contributed by atoms with van der Waals surface area (Å²) in [7, 11) is 1.61. The summed E-state index contributed by atoms with van der Waals surface area (Å²) in [6.07, 6.45) is 12.4. The van der Waals surface area contributed by atoms with Gasteiger partial charge in [-0.05, 0) is 114 Å². The molecule has 19 heteroatoms. The third kappa shape index (κ3) is 9.69. The predicted molar refractivity (Wildman–Crippen MR) is 267 cm³/mol. The van der Waals surface area contributed by atoms with E-state index in [-0.39, 0.29) is 42.3 Å². The number of nitrogens with zero attached hydrogens (tertiary/aromatic N) is 11. The number of likely N-dealkylation sites (tertiary alicyclic amines) is 1. The molecule has 4 aliphatic heterocycles. The van der Waals surface area contributed by atoms with Crippen LogP contribution >= 0.6 is 0 Å². The van der Waals surface area contributed by atoms with E-state index >= 15 is 0 Å². The molecule has 2 atom stereocenters. The second-order valence-electron chi connectivity index (χ2n) is 19.8. The summed E-state index contributed by atoms with van der Waals surface area (Å²) in [5.41, 5.74) is 3.52. The lowest BCUT2D eigenvalue weighted by molar-refractivity contribution is -0.136. The van der Waals surface area contributed by atoms with Crippen molar-refractivity contribution in [3.8, 4) is 11.4 Å². The standard InChI is InChI=1S/C51H66N14O5/c1-5-41-47-58-57-33(3)64(47)43-30-52-51(56-46(43)63(41)31-34-10-7-6-8-11-34)54-40-15-12-35(28-44(40)70-4)48(67)53-36-18-22-60(23-19-36)20-9-21-61-24-26-62(27-25-61)37-13-14-38-39(29-37)32(2)59-65(50(38)69)42-16-17-45(66)55-49(42)68/h12-15,28-30,34,36,41-42H,5-11,16-27,31H2,1-4H3,(H,53,67)(H,52,54,56)(H,55,66,68)/t41-,42?/m1/s1. The second kappa shape index (κ2) is 20.5. The van der Waals surface area contributed by atoms with E-state index in [0.29, 0.717) is 39.9 Å². The number of anilines is 4. The normalized spacial score (nSPS) is 20.6. The average molecular weight is 955 g/mol. The Kier molecular flexibility index (Phi) is 13.8. The summed E-state index contributed by atoms with van der Waals surface area (Å²) in [6.45, 7) is 14.5. The molecule has 2 aromatic carbocycles. The summed E-state index contributed by atoms with van der Waals surface area (Å²) < 4.78 is 9.15. The van der Waals surface area contributed by atoms with Crippen molar-refractivity contribution in [2.75, 3.05) is 81.1 Å². The van der Waals surface area contributed by atoms with Crippen molar-refractivity contribution in [2.45, 2.75) is 110 Å². The number of imide groups is 1. The fourth-order valence-electron chi connectivity index (χ4n) is 11.3. The second-order valence-corrected chi connectivity index (χ2v) is 19.8. The van der Waals surface area contributed by atoms with Gasteiger partial charge in [0.2, 0.25) is 11.9 Å². The number of aromatic nitrogens is 7. The molecule has 19 nitrogen and oxygen atoms in total. The van der Waals surface area contributed by atoms with Crippen LogP contribution in [0.3, 0.4) is 0 Å². The minimum absolute atomic E-state index is 0.0653. The first-order valence-corrected chi connectivity index (χ1v) is 25.4. The van der Waals surface area contributed by atoms with Crippen molar-refractivity contribution in [1.29, 1.82) is 0 Å². The quantitative estimate of drug-likeness (QED) is 0.120. The molecule has 4 fully saturated rings. The molecule has 70 heavy (non-hydrogen) atoms. The maximum atomic E-state index is 13.6. The van der Waals surface area contributed by atoms with Crippen molar-refractivity contribution in [1.82, 2.24) is 54.9 Å². The zero-order valence-corrected chi connectivity index (χ0v) is 41.0. The molecule has 1 saturated carbocycles. The molecule has 0 radical (unpaired) electrons. The highest BCUT2D eigenvalue weighted by molar-refractivity contribution is 5.99. The lowest BCUT2D eigenvalue weighted by Crippen LogP contribution is -2.48. The highest BCUT2D eigenvalue weighted by Gasteiger charge is 2.37. The first kappa shape index (κ1) is 47.2. The van der Waals surface area contributed by atoms with Gasteiger partial charge in [0.15, 0.2) is 11.6 Å². The number of carbonyl (C=O) groups excluding carboxylic acids is 3. The van der Waals surface area contributed by atoms with Crippen LogP contribution < -0.4 is 36.0 Å². The third-order valence-electron chi connectivity index (χ3n) is 15.3. The topological polar surface area (TPSA) is 201 Å². The third-order valence-corrected chi connectivity index (χ3v) is 15.3.